The zero-order valence-electron chi connectivity index (χ0n) is 14.4. The molecule has 1 heterocycles. The predicted octanol–water partition coefficient (Wildman–Crippen LogP) is 2.34. The number of methoxy groups -OCH3 is 2. The Labute approximate surface area is 142 Å². The summed E-state index contributed by atoms with van der Waals surface area (Å²) in [6, 6.07) is 5.71. The number of hydrogen-bond donors (Lipinski definition) is 2. The quantitative estimate of drug-likeness (QED) is 0.809. The number of nitrogens with one attached hydrogen (secondary N) is 1. The van der Waals surface area contributed by atoms with Crippen LogP contribution >= 0.6 is 0 Å². The van der Waals surface area contributed by atoms with Crippen LogP contribution in [0.2, 0.25) is 0 Å². The maximum absolute atomic E-state index is 13.0. The molecule has 0 bridgehead atoms. The van der Waals surface area contributed by atoms with Gasteiger partial charge in [-0.1, -0.05) is 6.42 Å². The monoisotopic (exact) mass is 334 g/mol. The molecule has 6 nitrogen and oxygen atoms in total. The summed E-state index contributed by atoms with van der Waals surface area (Å²) in [6.45, 7) is 1.30. The number of rotatable bonds is 5. The molecule has 2 atom stereocenters. The van der Waals surface area contributed by atoms with Gasteiger partial charge in [-0.3, -0.25) is 4.79 Å². The van der Waals surface area contributed by atoms with Crippen LogP contribution in [0.5, 0.6) is 11.5 Å². The molecule has 0 unspecified atom stereocenters. The van der Waals surface area contributed by atoms with Gasteiger partial charge in [0.05, 0.1) is 19.6 Å². The number of hydrogen-bond acceptors (Lipinski definition) is 5. The number of nitrogens with zero attached hydrogens (tertiary/aromatic N) is 1. The summed E-state index contributed by atoms with van der Waals surface area (Å²) < 4.78 is 10.7. The Hall–Kier alpha value is -1.79. The van der Waals surface area contributed by atoms with Gasteiger partial charge in [-0.05, 0) is 37.8 Å². The highest BCUT2D eigenvalue weighted by Crippen LogP contribution is 2.45. The molecule has 0 radical (unpaired) electrons. The van der Waals surface area contributed by atoms with Crippen LogP contribution in [0.25, 0.3) is 0 Å². The minimum Gasteiger partial charge on any atom is -0.497 e. The van der Waals surface area contributed by atoms with Crippen LogP contribution in [0.1, 0.15) is 37.7 Å². The van der Waals surface area contributed by atoms with Crippen molar-refractivity contribution >= 4 is 5.91 Å². The van der Waals surface area contributed by atoms with Gasteiger partial charge in [-0.15, -0.1) is 0 Å². The summed E-state index contributed by atoms with van der Waals surface area (Å²) in [5, 5.41) is 9.24. The van der Waals surface area contributed by atoms with E-state index >= 15 is 0 Å². The van der Waals surface area contributed by atoms with Crippen molar-refractivity contribution in [2.75, 3.05) is 20.8 Å². The standard InChI is InChI=1S/C18H26N2O4/c1-23-15-6-5-13(16(10-15)24-2)12-20-9-8-18(17(20)21)7-3-4-14(11-18)19-22/h5-6,10,14,19,22H,3-4,7-9,11-12H2,1-2H3/t14-,18-/m0/s1. The first kappa shape index (κ1) is 17.0. The largest absolute Gasteiger partial charge is 0.497 e. The van der Waals surface area contributed by atoms with Crippen molar-refractivity contribution < 1.29 is 19.5 Å². The Morgan fingerprint density at radius 3 is 2.88 bits per heavy atom. The zero-order valence-corrected chi connectivity index (χ0v) is 14.4. The zero-order chi connectivity index (χ0) is 17.2. The molecular weight excluding hydrogens is 308 g/mol. The smallest absolute Gasteiger partial charge is 0.229 e. The Kier molecular flexibility index (Phi) is 4.96. The van der Waals surface area contributed by atoms with Crippen molar-refractivity contribution in [2.45, 2.75) is 44.7 Å². The van der Waals surface area contributed by atoms with E-state index in [1.54, 1.807) is 14.2 Å². The van der Waals surface area contributed by atoms with Crippen molar-refractivity contribution in [3.8, 4) is 11.5 Å². The molecule has 2 N–H and O–H groups in total. The molecular formula is C18H26N2O4. The molecule has 1 aliphatic carbocycles. The lowest BCUT2D eigenvalue weighted by atomic mass is 9.71. The summed E-state index contributed by atoms with van der Waals surface area (Å²) in [6.07, 6.45) is 4.41. The van der Waals surface area contributed by atoms with E-state index < -0.39 is 0 Å². The minimum absolute atomic E-state index is 0.0261. The van der Waals surface area contributed by atoms with Crippen LogP contribution in [-0.4, -0.2) is 42.8 Å². The maximum atomic E-state index is 13.0. The van der Waals surface area contributed by atoms with Crippen LogP contribution in [0, 0.1) is 5.41 Å². The molecule has 6 heteroatoms. The molecule has 1 aliphatic heterocycles. The molecule has 1 saturated heterocycles. The fraction of sp³-hybridized carbons (Fsp3) is 0.611. The lowest BCUT2D eigenvalue weighted by Crippen LogP contribution is -2.43. The fourth-order valence-corrected chi connectivity index (χ4v) is 4.13. The first-order valence-electron chi connectivity index (χ1n) is 8.52. The van der Waals surface area contributed by atoms with Gasteiger partial charge in [0.15, 0.2) is 0 Å². The topological polar surface area (TPSA) is 71.0 Å². The van der Waals surface area contributed by atoms with Crippen LogP contribution in [0.3, 0.4) is 0 Å². The maximum Gasteiger partial charge on any atom is 0.229 e. The average Bonchev–Trinajstić information content (AvgIpc) is 2.91. The van der Waals surface area contributed by atoms with E-state index in [4.69, 9.17) is 9.47 Å². The number of ether oxygens (including phenoxy) is 2. The van der Waals surface area contributed by atoms with Gasteiger partial charge in [0.25, 0.3) is 0 Å². The van der Waals surface area contributed by atoms with Gasteiger partial charge < -0.3 is 19.6 Å². The second kappa shape index (κ2) is 6.99. The van der Waals surface area contributed by atoms with E-state index in [1.165, 1.54) is 0 Å². The van der Waals surface area contributed by atoms with Gasteiger partial charge >= 0.3 is 0 Å². The van der Waals surface area contributed by atoms with Gasteiger partial charge in [-0.2, -0.15) is 0 Å². The molecule has 1 aromatic rings. The highest BCUT2D eigenvalue weighted by molar-refractivity contribution is 5.85. The van der Waals surface area contributed by atoms with Gasteiger partial charge in [0.2, 0.25) is 5.91 Å². The van der Waals surface area contributed by atoms with Gasteiger partial charge in [-0.25, -0.2) is 5.48 Å². The highest BCUT2D eigenvalue weighted by Gasteiger charge is 2.48. The minimum atomic E-state index is -0.307. The van der Waals surface area contributed by atoms with Crippen molar-refractivity contribution in [3.05, 3.63) is 23.8 Å². The number of benzene rings is 1. The van der Waals surface area contributed by atoms with Crippen molar-refractivity contribution in [1.82, 2.24) is 10.4 Å². The average molecular weight is 334 g/mol. The molecule has 24 heavy (non-hydrogen) atoms. The molecule has 1 amide bonds. The summed E-state index contributed by atoms with van der Waals surface area (Å²) in [5.41, 5.74) is 3.04. The molecule has 1 saturated carbocycles. The SMILES string of the molecule is COc1ccc(CN2CC[C@]3(CCC[C@H](NO)C3)C2=O)c(OC)c1. The Morgan fingerprint density at radius 1 is 1.33 bits per heavy atom. The molecule has 0 aromatic heterocycles. The lowest BCUT2D eigenvalue weighted by Gasteiger charge is -2.35. The fourth-order valence-electron chi connectivity index (χ4n) is 4.13. The van der Waals surface area contributed by atoms with Gasteiger partial charge in [0.1, 0.15) is 11.5 Å². The van der Waals surface area contributed by atoms with Crippen LogP contribution < -0.4 is 15.0 Å². The summed E-state index contributed by atoms with van der Waals surface area (Å²) in [7, 11) is 3.25. The number of carbonyl (C=O) groups excluding carboxylic acids is 1. The van der Waals surface area contributed by atoms with Gasteiger partial charge in [0, 0.05) is 30.8 Å². The summed E-state index contributed by atoms with van der Waals surface area (Å²) in [5.74, 6) is 1.69. The lowest BCUT2D eigenvalue weighted by molar-refractivity contribution is -0.139. The molecule has 2 aliphatic rings. The normalized spacial score (nSPS) is 26.9. The third-order valence-corrected chi connectivity index (χ3v) is 5.48. The second-order valence-corrected chi connectivity index (χ2v) is 6.86. The van der Waals surface area contributed by atoms with E-state index in [0.717, 1.165) is 55.7 Å². The third-order valence-electron chi connectivity index (χ3n) is 5.48. The van der Waals surface area contributed by atoms with E-state index in [-0.39, 0.29) is 17.4 Å². The molecule has 1 spiro atoms. The second-order valence-electron chi connectivity index (χ2n) is 6.86. The first-order chi connectivity index (χ1) is 11.6. The Bertz CT molecular complexity index is 607. The van der Waals surface area contributed by atoms with Crippen LogP contribution in [-0.2, 0) is 11.3 Å². The van der Waals surface area contributed by atoms with E-state index in [0.29, 0.717) is 6.54 Å². The first-order valence-corrected chi connectivity index (χ1v) is 8.52. The number of carbonyl (C=O) groups is 1. The molecule has 1 aromatic carbocycles. The van der Waals surface area contributed by atoms with Crippen LogP contribution in [0.15, 0.2) is 18.2 Å². The highest BCUT2D eigenvalue weighted by atomic mass is 16.5. The van der Waals surface area contributed by atoms with Crippen molar-refractivity contribution in [3.63, 3.8) is 0 Å². The Morgan fingerprint density at radius 2 is 2.17 bits per heavy atom. The predicted molar refractivity (Wildman–Crippen MR) is 89.2 cm³/mol. The molecule has 3 rings (SSSR count). The number of likely N-dealkylation sites (tertiary alicyclic amines) is 1. The van der Waals surface area contributed by atoms with Crippen LogP contribution in [0.4, 0.5) is 0 Å². The number of hydroxylamine groups is 1. The summed E-state index contributed by atoms with van der Waals surface area (Å²) in [4.78, 5) is 14.9. The summed E-state index contributed by atoms with van der Waals surface area (Å²) >= 11 is 0. The molecule has 132 valence electrons. The van der Waals surface area contributed by atoms with E-state index in [9.17, 15) is 10.0 Å². The molecule has 2 fully saturated rings. The number of amides is 1. The van der Waals surface area contributed by atoms with E-state index in [2.05, 4.69) is 5.48 Å². The van der Waals surface area contributed by atoms with Crippen molar-refractivity contribution in [2.24, 2.45) is 5.41 Å². The van der Waals surface area contributed by atoms with Crippen molar-refractivity contribution in [1.29, 1.82) is 0 Å². The third kappa shape index (κ3) is 3.08. The Balaban J connectivity index is 1.74. The van der Waals surface area contributed by atoms with E-state index in [1.807, 2.05) is 23.1 Å².